The molecule has 34 heavy (non-hydrogen) atoms. The summed E-state index contributed by atoms with van der Waals surface area (Å²) in [5.74, 6) is 0.0750. The van der Waals surface area contributed by atoms with Crippen molar-refractivity contribution in [1.29, 1.82) is 0 Å². The summed E-state index contributed by atoms with van der Waals surface area (Å²) in [4.78, 5) is 14.2. The molecule has 182 valence electrons. The summed E-state index contributed by atoms with van der Waals surface area (Å²) < 4.78 is 39.7. The average molecular weight is 495 g/mol. The maximum absolute atomic E-state index is 13.2. The van der Waals surface area contributed by atoms with Gasteiger partial charge < -0.3 is 15.3 Å². The summed E-state index contributed by atoms with van der Waals surface area (Å²) in [6.45, 7) is 4.69. The SMILES string of the molecule is CC(C)(C1CCN(C(=O)Nc2ccccc2C(F)(F)F)CC1)C(O)c1cc(Cl)cc2cn[nH]c12. The quantitative estimate of drug-likeness (QED) is 0.401. The maximum Gasteiger partial charge on any atom is 0.418 e. The van der Waals surface area contributed by atoms with E-state index in [0.29, 0.717) is 36.5 Å². The van der Waals surface area contributed by atoms with Crippen molar-refractivity contribution in [2.75, 3.05) is 18.4 Å². The summed E-state index contributed by atoms with van der Waals surface area (Å²) in [6.07, 6.45) is -2.54. The van der Waals surface area contributed by atoms with E-state index in [1.165, 1.54) is 23.1 Å². The summed E-state index contributed by atoms with van der Waals surface area (Å²) in [5.41, 5.74) is -0.302. The number of alkyl halides is 3. The molecule has 0 radical (unpaired) electrons. The van der Waals surface area contributed by atoms with Gasteiger partial charge in [-0.25, -0.2) is 4.79 Å². The van der Waals surface area contributed by atoms with Gasteiger partial charge in [0.15, 0.2) is 0 Å². The van der Waals surface area contributed by atoms with Crippen molar-refractivity contribution in [3.63, 3.8) is 0 Å². The second-order valence-electron chi connectivity index (χ2n) is 9.29. The zero-order valence-corrected chi connectivity index (χ0v) is 19.5. The lowest BCUT2D eigenvalue weighted by Gasteiger charge is -2.43. The Hall–Kier alpha value is -2.78. The minimum absolute atomic E-state index is 0.0750. The number of para-hydroxylation sites is 1. The smallest absolute Gasteiger partial charge is 0.388 e. The minimum Gasteiger partial charge on any atom is -0.388 e. The van der Waals surface area contributed by atoms with Crippen LogP contribution in [0.4, 0.5) is 23.7 Å². The first-order chi connectivity index (χ1) is 16.0. The largest absolute Gasteiger partial charge is 0.418 e. The van der Waals surface area contributed by atoms with E-state index in [0.717, 1.165) is 17.0 Å². The van der Waals surface area contributed by atoms with Gasteiger partial charge >= 0.3 is 12.2 Å². The van der Waals surface area contributed by atoms with Crippen LogP contribution < -0.4 is 5.32 Å². The van der Waals surface area contributed by atoms with Crippen molar-refractivity contribution in [1.82, 2.24) is 15.1 Å². The molecule has 1 aliphatic heterocycles. The van der Waals surface area contributed by atoms with Crippen LogP contribution in [0.15, 0.2) is 42.6 Å². The topological polar surface area (TPSA) is 81.2 Å². The minimum atomic E-state index is -4.56. The number of halogens is 4. The maximum atomic E-state index is 13.2. The molecule has 6 nitrogen and oxygen atoms in total. The number of likely N-dealkylation sites (tertiary alicyclic amines) is 1. The summed E-state index contributed by atoms with van der Waals surface area (Å²) >= 11 is 6.25. The zero-order chi connectivity index (χ0) is 24.7. The number of carbonyl (C=O) groups is 1. The Morgan fingerprint density at radius 1 is 1.24 bits per heavy atom. The van der Waals surface area contributed by atoms with Crippen LogP contribution in [0.25, 0.3) is 10.9 Å². The molecule has 2 aromatic carbocycles. The molecule has 1 unspecified atom stereocenters. The van der Waals surface area contributed by atoms with Crippen LogP contribution in [-0.2, 0) is 6.18 Å². The Morgan fingerprint density at radius 3 is 2.59 bits per heavy atom. The van der Waals surface area contributed by atoms with E-state index in [9.17, 15) is 23.1 Å². The third kappa shape index (κ3) is 4.72. The molecule has 4 rings (SSSR count). The Labute approximate surface area is 200 Å². The van der Waals surface area contributed by atoms with Gasteiger partial charge in [-0.05, 0) is 48.4 Å². The second kappa shape index (κ2) is 9.11. The number of hydrogen-bond acceptors (Lipinski definition) is 3. The van der Waals surface area contributed by atoms with Crippen molar-refractivity contribution in [2.24, 2.45) is 11.3 Å². The molecule has 3 N–H and O–H groups in total. The predicted molar refractivity (Wildman–Crippen MR) is 125 cm³/mol. The molecule has 0 bridgehead atoms. The number of anilines is 1. The number of hydrogen-bond donors (Lipinski definition) is 3. The number of aromatic amines is 1. The Bertz CT molecular complexity index is 1190. The van der Waals surface area contributed by atoms with E-state index >= 15 is 0 Å². The Balaban J connectivity index is 1.44. The first-order valence-electron chi connectivity index (χ1n) is 11.0. The number of aliphatic hydroxyl groups is 1. The van der Waals surface area contributed by atoms with Crippen molar-refractivity contribution >= 4 is 34.2 Å². The normalized spacial score (nSPS) is 16.6. The van der Waals surface area contributed by atoms with Crippen molar-refractivity contribution < 1.29 is 23.1 Å². The third-order valence-electron chi connectivity index (χ3n) is 6.85. The van der Waals surface area contributed by atoms with Gasteiger partial charge in [-0.3, -0.25) is 5.10 Å². The highest BCUT2D eigenvalue weighted by Crippen LogP contribution is 2.46. The van der Waals surface area contributed by atoms with Gasteiger partial charge in [0.2, 0.25) is 0 Å². The number of fused-ring (bicyclic) bond motifs is 1. The number of H-pyrrole nitrogens is 1. The highest BCUT2D eigenvalue weighted by molar-refractivity contribution is 6.31. The van der Waals surface area contributed by atoms with Crippen LogP contribution in [0.1, 0.15) is 43.9 Å². The fourth-order valence-corrected chi connectivity index (χ4v) is 4.98. The van der Waals surface area contributed by atoms with Crippen LogP contribution in [0.5, 0.6) is 0 Å². The molecule has 1 fully saturated rings. The first-order valence-corrected chi connectivity index (χ1v) is 11.4. The predicted octanol–water partition coefficient (Wildman–Crippen LogP) is 6.24. The van der Waals surface area contributed by atoms with Gasteiger partial charge in [0, 0.05) is 29.1 Å². The van der Waals surface area contributed by atoms with E-state index < -0.39 is 29.3 Å². The van der Waals surface area contributed by atoms with E-state index in [1.54, 1.807) is 18.3 Å². The molecule has 0 saturated carbocycles. The first kappa shape index (κ1) is 24.3. The molecule has 1 aromatic heterocycles. The monoisotopic (exact) mass is 494 g/mol. The molecule has 2 amide bonds. The lowest BCUT2D eigenvalue weighted by Crippen LogP contribution is -2.45. The second-order valence-corrected chi connectivity index (χ2v) is 9.72. The molecular formula is C24H26ClF3N4O2. The van der Waals surface area contributed by atoms with E-state index in [-0.39, 0.29) is 11.6 Å². The van der Waals surface area contributed by atoms with Crippen LogP contribution in [-0.4, -0.2) is 39.3 Å². The van der Waals surface area contributed by atoms with Crippen molar-refractivity contribution in [3.05, 3.63) is 58.7 Å². The van der Waals surface area contributed by atoms with Gasteiger partial charge in [-0.15, -0.1) is 0 Å². The molecular weight excluding hydrogens is 469 g/mol. The van der Waals surface area contributed by atoms with Crippen molar-refractivity contribution in [2.45, 2.75) is 39.0 Å². The van der Waals surface area contributed by atoms with Gasteiger partial charge in [0.25, 0.3) is 0 Å². The van der Waals surface area contributed by atoms with Crippen LogP contribution >= 0.6 is 11.6 Å². The highest BCUT2D eigenvalue weighted by atomic mass is 35.5. The van der Waals surface area contributed by atoms with Crippen LogP contribution in [0.2, 0.25) is 5.02 Å². The number of carbonyl (C=O) groups excluding carboxylic acids is 1. The molecule has 1 atom stereocenters. The third-order valence-corrected chi connectivity index (χ3v) is 7.07. The number of amides is 2. The Morgan fingerprint density at radius 2 is 1.91 bits per heavy atom. The number of aromatic nitrogens is 2. The van der Waals surface area contributed by atoms with Gasteiger partial charge in [-0.2, -0.15) is 18.3 Å². The fourth-order valence-electron chi connectivity index (χ4n) is 4.75. The van der Waals surface area contributed by atoms with Gasteiger partial charge in [-0.1, -0.05) is 37.6 Å². The summed E-state index contributed by atoms with van der Waals surface area (Å²) in [5, 5.41) is 22.0. The standard InChI is InChI=1S/C24H26ClF3N4O2/c1-23(2,21(33)17-12-16(25)11-14-13-29-31-20(14)17)15-7-9-32(10-8-15)22(34)30-19-6-4-3-5-18(19)24(26,27)28/h3-6,11-13,15,21,33H,7-10H2,1-2H3,(H,29,31)(H,30,34). The fraction of sp³-hybridized carbons (Fsp3) is 0.417. The van der Waals surface area contributed by atoms with Crippen molar-refractivity contribution in [3.8, 4) is 0 Å². The van der Waals surface area contributed by atoms with Gasteiger partial charge in [0.05, 0.1) is 29.1 Å². The molecule has 1 aliphatic rings. The number of piperidine rings is 1. The molecule has 1 saturated heterocycles. The molecule has 2 heterocycles. The van der Waals surface area contributed by atoms with E-state index in [2.05, 4.69) is 15.5 Å². The average Bonchev–Trinajstić information content (AvgIpc) is 3.26. The lowest BCUT2D eigenvalue weighted by molar-refractivity contribution is -0.136. The van der Waals surface area contributed by atoms with E-state index in [1.807, 2.05) is 13.8 Å². The number of rotatable bonds is 4. The zero-order valence-electron chi connectivity index (χ0n) is 18.8. The summed E-state index contributed by atoms with van der Waals surface area (Å²) in [6, 6.07) is 7.86. The number of benzene rings is 2. The van der Waals surface area contributed by atoms with Crippen LogP contribution in [0.3, 0.4) is 0 Å². The number of urea groups is 1. The van der Waals surface area contributed by atoms with E-state index in [4.69, 9.17) is 11.6 Å². The number of aliphatic hydroxyl groups excluding tert-OH is 1. The molecule has 0 aliphatic carbocycles. The Kier molecular flexibility index (Phi) is 6.52. The lowest BCUT2D eigenvalue weighted by atomic mass is 9.68. The summed E-state index contributed by atoms with van der Waals surface area (Å²) in [7, 11) is 0. The molecule has 10 heteroatoms. The van der Waals surface area contributed by atoms with Crippen LogP contribution in [0, 0.1) is 11.3 Å². The van der Waals surface area contributed by atoms with Gasteiger partial charge in [0.1, 0.15) is 0 Å². The molecule has 0 spiro atoms. The number of nitrogens with zero attached hydrogens (tertiary/aromatic N) is 2. The number of nitrogens with one attached hydrogen (secondary N) is 2. The molecule has 3 aromatic rings. The highest BCUT2D eigenvalue weighted by Gasteiger charge is 2.41.